The monoisotopic (exact) mass is 380 g/mol. The molecule has 0 saturated heterocycles. The summed E-state index contributed by atoms with van der Waals surface area (Å²) < 4.78 is 5.95. The van der Waals surface area contributed by atoms with E-state index in [0.29, 0.717) is 6.61 Å². The Labute approximate surface area is 165 Å². The van der Waals surface area contributed by atoms with E-state index in [4.69, 9.17) is 4.74 Å². The summed E-state index contributed by atoms with van der Waals surface area (Å²) in [6, 6.07) is 8.05. The number of benzene rings is 1. The average Bonchev–Trinajstić information content (AvgIpc) is 3.09. The second-order valence-electron chi connectivity index (χ2n) is 7.51. The summed E-state index contributed by atoms with van der Waals surface area (Å²) in [6.07, 6.45) is 5.79. The molecule has 3 heterocycles. The Morgan fingerprint density at radius 3 is 2.82 bits per heavy atom. The number of rotatable bonds is 0. The number of anilines is 2. The van der Waals surface area contributed by atoms with Gasteiger partial charge in [0.1, 0.15) is 23.5 Å². The highest BCUT2D eigenvalue weighted by Gasteiger charge is 2.14. The Morgan fingerprint density at radius 2 is 1.89 bits per heavy atom. The third kappa shape index (κ3) is 4.43. The van der Waals surface area contributed by atoms with E-state index in [1.165, 1.54) is 5.56 Å². The quantitative estimate of drug-likeness (QED) is 0.624. The van der Waals surface area contributed by atoms with Crippen molar-refractivity contribution in [2.45, 2.75) is 19.4 Å². The van der Waals surface area contributed by atoms with Crippen LogP contribution in [0.15, 0.2) is 36.8 Å². The molecule has 7 nitrogen and oxygen atoms in total. The lowest BCUT2D eigenvalue weighted by Gasteiger charge is -2.20. The minimum absolute atomic E-state index is 0.716. The molecule has 1 aromatic carbocycles. The fourth-order valence-corrected chi connectivity index (χ4v) is 3.66. The molecule has 2 N–H and O–H groups in total. The number of aromatic nitrogens is 3. The molecule has 1 aliphatic heterocycles. The Hall–Kier alpha value is -2.64. The molecule has 4 rings (SSSR count). The third-order valence-corrected chi connectivity index (χ3v) is 5.12. The van der Waals surface area contributed by atoms with Crippen LogP contribution >= 0.6 is 0 Å². The zero-order valence-corrected chi connectivity index (χ0v) is 16.6. The van der Waals surface area contributed by atoms with Gasteiger partial charge in [0, 0.05) is 31.0 Å². The van der Waals surface area contributed by atoms with Crippen LogP contribution in [-0.2, 0) is 6.54 Å². The van der Waals surface area contributed by atoms with E-state index in [2.05, 4.69) is 44.2 Å². The molecule has 1 aliphatic rings. The van der Waals surface area contributed by atoms with Crippen molar-refractivity contribution in [2.75, 3.05) is 45.7 Å². The van der Waals surface area contributed by atoms with Crippen molar-refractivity contribution in [3.63, 3.8) is 0 Å². The van der Waals surface area contributed by atoms with E-state index in [9.17, 15) is 0 Å². The van der Waals surface area contributed by atoms with Crippen LogP contribution in [0.3, 0.4) is 0 Å². The largest absolute Gasteiger partial charge is 0.493 e. The second-order valence-corrected chi connectivity index (χ2v) is 7.51. The van der Waals surface area contributed by atoms with E-state index in [1.54, 1.807) is 6.33 Å². The fraction of sp³-hybridized carbons (Fsp3) is 0.429. The Morgan fingerprint density at radius 1 is 1.04 bits per heavy atom. The number of H-pyrrole nitrogens is 1. The summed E-state index contributed by atoms with van der Waals surface area (Å²) in [6.45, 7) is 4.75. The van der Waals surface area contributed by atoms with Crippen LogP contribution < -0.4 is 10.1 Å². The normalized spacial score (nSPS) is 17.6. The number of aromatic amines is 1. The average molecular weight is 380 g/mol. The molecule has 0 aliphatic carbocycles. The number of hydrogen-bond acceptors (Lipinski definition) is 6. The van der Waals surface area contributed by atoms with Crippen molar-refractivity contribution in [1.82, 2.24) is 24.8 Å². The molecule has 0 spiro atoms. The van der Waals surface area contributed by atoms with Crippen molar-refractivity contribution in [1.29, 1.82) is 0 Å². The van der Waals surface area contributed by atoms with E-state index in [1.807, 2.05) is 30.5 Å². The molecule has 0 amide bonds. The number of nitrogens with zero attached hydrogens (tertiary/aromatic N) is 4. The molecule has 0 saturated carbocycles. The molecule has 2 aromatic heterocycles. The molecular weight excluding hydrogens is 352 g/mol. The number of nitrogens with one attached hydrogen (secondary N) is 2. The first-order chi connectivity index (χ1) is 13.7. The highest BCUT2D eigenvalue weighted by molar-refractivity contribution is 5.92. The van der Waals surface area contributed by atoms with Crippen LogP contribution in [0.2, 0.25) is 0 Å². The van der Waals surface area contributed by atoms with E-state index < -0.39 is 0 Å². The molecule has 148 valence electrons. The smallest absolute Gasteiger partial charge is 0.143 e. The zero-order valence-electron chi connectivity index (χ0n) is 16.6. The standard InChI is InChI=1S/C21H28N6O/c1-26-8-4-9-27(2)14-16-13-22-20-19(16)21(24-15-23-20)25-17-6-3-7-18(12-17)28-11-5-10-26/h3,6-7,12-13,15H,4-5,8-11,14H2,1-2H3,(H2,22,23,24,25). The maximum atomic E-state index is 5.95. The lowest BCUT2D eigenvalue weighted by molar-refractivity contribution is 0.246. The van der Waals surface area contributed by atoms with E-state index >= 15 is 0 Å². The molecule has 7 heteroatoms. The summed E-state index contributed by atoms with van der Waals surface area (Å²) in [7, 11) is 4.35. The Kier molecular flexibility index (Phi) is 5.73. The van der Waals surface area contributed by atoms with Crippen molar-refractivity contribution >= 4 is 22.5 Å². The molecule has 0 unspecified atom stereocenters. The second kappa shape index (κ2) is 8.58. The zero-order chi connectivity index (χ0) is 19.3. The van der Waals surface area contributed by atoms with Gasteiger partial charge in [0.05, 0.1) is 12.0 Å². The summed E-state index contributed by atoms with van der Waals surface area (Å²) in [4.78, 5) is 16.9. The fourth-order valence-electron chi connectivity index (χ4n) is 3.66. The third-order valence-electron chi connectivity index (χ3n) is 5.12. The van der Waals surface area contributed by atoms with Gasteiger partial charge < -0.3 is 24.8 Å². The predicted octanol–water partition coefficient (Wildman–Crippen LogP) is 3.24. The number of fused-ring (bicyclic) bond motifs is 2. The van der Waals surface area contributed by atoms with E-state index in [0.717, 1.165) is 67.3 Å². The van der Waals surface area contributed by atoms with Gasteiger partial charge in [-0.3, -0.25) is 0 Å². The van der Waals surface area contributed by atoms with Gasteiger partial charge in [0.15, 0.2) is 0 Å². The van der Waals surface area contributed by atoms with Crippen LogP contribution in [0.1, 0.15) is 18.4 Å². The van der Waals surface area contributed by atoms with Gasteiger partial charge in [-0.25, -0.2) is 9.97 Å². The maximum absolute atomic E-state index is 5.95. The van der Waals surface area contributed by atoms with Crippen LogP contribution in [0.5, 0.6) is 5.75 Å². The Bertz CT molecular complexity index is 924. The van der Waals surface area contributed by atoms with Gasteiger partial charge in [0.25, 0.3) is 0 Å². The van der Waals surface area contributed by atoms with E-state index in [-0.39, 0.29) is 0 Å². The van der Waals surface area contributed by atoms with Gasteiger partial charge >= 0.3 is 0 Å². The first-order valence-electron chi connectivity index (χ1n) is 9.87. The first kappa shape index (κ1) is 18.7. The van der Waals surface area contributed by atoms with Crippen LogP contribution in [-0.4, -0.2) is 65.1 Å². The van der Waals surface area contributed by atoms with Crippen molar-refractivity contribution in [2.24, 2.45) is 0 Å². The molecule has 0 radical (unpaired) electrons. The predicted molar refractivity (Wildman–Crippen MR) is 112 cm³/mol. The molecular formula is C21H28N6O. The maximum Gasteiger partial charge on any atom is 0.143 e. The van der Waals surface area contributed by atoms with Crippen LogP contribution in [0, 0.1) is 0 Å². The van der Waals surface area contributed by atoms with Crippen LogP contribution in [0.4, 0.5) is 11.5 Å². The number of ether oxygens (including phenoxy) is 1. The Balaban J connectivity index is 1.66. The van der Waals surface area contributed by atoms with Gasteiger partial charge in [-0.05, 0) is 57.7 Å². The molecule has 3 aromatic rings. The SMILES string of the molecule is CN1CCCOc2cccc(c2)Nc2ncnc3[nH]cc(c23)CN(C)CCC1. The van der Waals surface area contributed by atoms with Gasteiger partial charge in [-0.15, -0.1) is 0 Å². The van der Waals surface area contributed by atoms with Crippen molar-refractivity contribution in [3.8, 4) is 5.75 Å². The highest BCUT2D eigenvalue weighted by atomic mass is 16.5. The van der Waals surface area contributed by atoms with Crippen LogP contribution in [0.25, 0.3) is 11.0 Å². The van der Waals surface area contributed by atoms with Crippen molar-refractivity contribution in [3.05, 3.63) is 42.4 Å². The topological polar surface area (TPSA) is 69.3 Å². The molecule has 28 heavy (non-hydrogen) atoms. The number of hydrogen-bond donors (Lipinski definition) is 2. The molecule has 0 atom stereocenters. The highest BCUT2D eigenvalue weighted by Crippen LogP contribution is 2.28. The van der Waals surface area contributed by atoms with Crippen molar-refractivity contribution < 1.29 is 4.74 Å². The molecule has 0 fully saturated rings. The summed E-state index contributed by atoms with van der Waals surface area (Å²) in [5.41, 5.74) is 3.01. The van der Waals surface area contributed by atoms with Gasteiger partial charge in [-0.1, -0.05) is 6.07 Å². The summed E-state index contributed by atoms with van der Waals surface area (Å²) in [5.74, 6) is 1.69. The molecule has 2 bridgehead atoms. The lowest BCUT2D eigenvalue weighted by atomic mass is 10.2. The minimum atomic E-state index is 0.716. The summed E-state index contributed by atoms with van der Waals surface area (Å²) >= 11 is 0. The minimum Gasteiger partial charge on any atom is -0.493 e. The van der Waals surface area contributed by atoms with Gasteiger partial charge in [0.2, 0.25) is 0 Å². The van der Waals surface area contributed by atoms with Gasteiger partial charge in [-0.2, -0.15) is 0 Å². The first-order valence-corrected chi connectivity index (χ1v) is 9.87. The summed E-state index contributed by atoms with van der Waals surface area (Å²) in [5, 5.41) is 4.49. The lowest BCUT2D eigenvalue weighted by Crippen LogP contribution is -2.26.